The van der Waals surface area contributed by atoms with Crippen molar-refractivity contribution < 1.29 is 9.53 Å². The molecule has 0 bridgehead atoms. The van der Waals surface area contributed by atoms with E-state index in [1.165, 1.54) is 56.9 Å². The Morgan fingerprint density at radius 3 is 2.00 bits per heavy atom. The largest absolute Gasteiger partial charge is 0.429 e. The van der Waals surface area contributed by atoms with Crippen molar-refractivity contribution in [3.63, 3.8) is 0 Å². The molecule has 2 aliphatic carbocycles. The van der Waals surface area contributed by atoms with Crippen LogP contribution in [0.1, 0.15) is 62.8 Å². The maximum Gasteiger partial charge on any atom is 0.298 e. The summed E-state index contributed by atoms with van der Waals surface area (Å²) in [4.78, 5) is 12.4. The highest BCUT2D eigenvalue weighted by molar-refractivity contribution is 9.11. The number of halogens is 1. The molecule has 0 saturated heterocycles. The molecule has 1 aromatic rings. The van der Waals surface area contributed by atoms with Crippen LogP contribution in [-0.4, -0.2) is 6.47 Å². The van der Waals surface area contributed by atoms with Crippen LogP contribution >= 0.6 is 15.9 Å². The quantitative estimate of drug-likeness (QED) is 0.558. The number of allylic oxidation sites excluding steroid dienone is 1. The van der Waals surface area contributed by atoms with E-state index in [1.807, 2.05) is 17.1 Å². The average Bonchev–Trinajstić information content (AvgIpc) is 2.64. The summed E-state index contributed by atoms with van der Waals surface area (Å²) in [6, 6.07) is 8.08. The number of hydrogen-bond donors (Lipinski definition) is 0. The van der Waals surface area contributed by atoms with Gasteiger partial charge in [0.25, 0.3) is 6.47 Å². The number of benzene rings is 1. The van der Waals surface area contributed by atoms with E-state index in [4.69, 9.17) is 4.74 Å². The lowest BCUT2D eigenvalue weighted by atomic mass is 9.68. The van der Waals surface area contributed by atoms with Crippen molar-refractivity contribution in [3.05, 3.63) is 40.9 Å². The van der Waals surface area contributed by atoms with Crippen molar-refractivity contribution in [2.45, 2.75) is 57.3 Å². The van der Waals surface area contributed by atoms with E-state index in [9.17, 15) is 4.79 Å². The summed E-state index contributed by atoms with van der Waals surface area (Å²) in [5.74, 6) is 4.00. The Morgan fingerprint density at radius 2 is 1.46 bits per heavy atom. The topological polar surface area (TPSA) is 26.3 Å². The predicted molar refractivity (Wildman–Crippen MR) is 101 cm³/mol. The summed E-state index contributed by atoms with van der Waals surface area (Å²) in [5, 5.41) is 0. The maximum absolute atomic E-state index is 10.4. The van der Waals surface area contributed by atoms with Crippen molar-refractivity contribution >= 4 is 22.4 Å². The van der Waals surface area contributed by atoms with E-state index < -0.39 is 0 Å². The van der Waals surface area contributed by atoms with Crippen molar-refractivity contribution in [1.82, 2.24) is 0 Å². The molecule has 2 fully saturated rings. The smallest absolute Gasteiger partial charge is 0.298 e. The van der Waals surface area contributed by atoms with Crippen molar-refractivity contribution in [2.75, 3.05) is 0 Å². The first-order valence-corrected chi connectivity index (χ1v) is 10.2. The van der Waals surface area contributed by atoms with Gasteiger partial charge in [0.05, 0.1) is 0 Å². The van der Waals surface area contributed by atoms with Crippen LogP contribution < -0.4 is 4.74 Å². The van der Waals surface area contributed by atoms with Crippen molar-refractivity contribution in [1.29, 1.82) is 0 Å². The summed E-state index contributed by atoms with van der Waals surface area (Å²) < 4.78 is 4.88. The second-order valence-corrected chi connectivity index (χ2v) is 7.92. The molecule has 0 heterocycles. The van der Waals surface area contributed by atoms with Crippen LogP contribution in [0.15, 0.2) is 35.3 Å². The number of hydrogen-bond acceptors (Lipinski definition) is 2. The number of rotatable bonds is 5. The Balaban J connectivity index is 1.48. The average molecular weight is 391 g/mol. The molecule has 2 saturated carbocycles. The highest BCUT2D eigenvalue weighted by Gasteiger charge is 2.30. The van der Waals surface area contributed by atoms with Crippen LogP contribution in [0.4, 0.5) is 0 Å². The zero-order chi connectivity index (χ0) is 16.8. The van der Waals surface area contributed by atoms with E-state index in [0.717, 1.165) is 17.8 Å². The minimum absolute atomic E-state index is 0.489. The third-order valence-electron chi connectivity index (χ3n) is 6.14. The molecule has 0 radical (unpaired) electrons. The Bertz CT molecular complexity index is 535. The monoisotopic (exact) mass is 390 g/mol. The molecule has 0 N–H and O–H groups in total. The fraction of sp³-hybridized carbons (Fsp3) is 0.571. The van der Waals surface area contributed by atoms with E-state index in [-0.39, 0.29) is 0 Å². The van der Waals surface area contributed by atoms with E-state index >= 15 is 0 Å². The molecule has 0 aromatic heterocycles. The normalized spacial score (nSPS) is 31.0. The van der Waals surface area contributed by atoms with Gasteiger partial charge in [-0.25, -0.2) is 0 Å². The molecule has 2 nitrogen and oxygen atoms in total. The lowest BCUT2D eigenvalue weighted by Gasteiger charge is -2.37. The van der Waals surface area contributed by atoms with Crippen LogP contribution in [0.25, 0.3) is 0 Å². The Kier molecular flexibility index (Phi) is 6.53. The van der Waals surface area contributed by atoms with Gasteiger partial charge in [0, 0.05) is 0 Å². The summed E-state index contributed by atoms with van der Waals surface area (Å²) in [7, 11) is 0. The first-order valence-electron chi connectivity index (χ1n) is 9.27. The highest BCUT2D eigenvalue weighted by Crippen LogP contribution is 2.44. The van der Waals surface area contributed by atoms with Gasteiger partial charge < -0.3 is 4.74 Å². The van der Waals surface area contributed by atoms with Crippen molar-refractivity contribution in [2.24, 2.45) is 17.8 Å². The third kappa shape index (κ3) is 4.50. The number of carbonyl (C=O) groups is 1. The molecule has 24 heavy (non-hydrogen) atoms. The molecule has 0 aliphatic heterocycles. The summed E-state index contributed by atoms with van der Waals surface area (Å²) in [5.41, 5.74) is 1.40. The van der Waals surface area contributed by atoms with E-state index in [2.05, 4.69) is 34.1 Å². The molecule has 3 heteroatoms. The SMILES string of the molecule is O=COc1ccc(C2CCC(C3CCC(C=CBr)CC3)CC2)cc1. The van der Waals surface area contributed by atoms with Gasteiger partial charge in [0.2, 0.25) is 0 Å². The first-order chi connectivity index (χ1) is 11.8. The fourth-order valence-corrected chi connectivity index (χ4v) is 5.14. The maximum atomic E-state index is 10.4. The summed E-state index contributed by atoms with van der Waals surface area (Å²) in [6.07, 6.45) is 13.2. The van der Waals surface area contributed by atoms with E-state index in [1.54, 1.807) is 0 Å². The van der Waals surface area contributed by atoms with Gasteiger partial charge in [-0.1, -0.05) is 34.1 Å². The molecule has 0 amide bonds. The Morgan fingerprint density at radius 1 is 0.875 bits per heavy atom. The minimum atomic E-state index is 0.489. The molecule has 2 aliphatic rings. The Hall–Kier alpha value is -1.09. The highest BCUT2D eigenvalue weighted by atomic mass is 79.9. The van der Waals surface area contributed by atoms with Crippen molar-refractivity contribution in [3.8, 4) is 5.75 Å². The second-order valence-electron chi connectivity index (χ2n) is 7.39. The Labute approximate surface area is 153 Å². The second kappa shape index (κ2) is 8.84. The molecular weight excluding hydrogens is 364 g/mol. The minimum Gasteiger partial charge on any atom is -0.429 e. The zero-order valence-electron chi connectivity index (χ0n) is 14.2. The zero-order valence-corrected chi connectivity index (χ0v) is 15.8. The molecule has 3 rings (SSSR count). The lowest BCUT2D eigenvalue weighted by molar-refractivity contribution is -0.120. The van der Waals surface area contributed by atoms with Crippen LogP contribution in [0.5, 0.6) is 5.75 Å². The third-order valence-corrected chi connectivity index (χ3v) is 6.44. The van der Waals surface area contributed by atoms with Gasteiger partial charge in [-0.2, -0.15) is 0 Å². The predicted octanol–water partition coefficient (Wildman–Crippen LogP) is 6.21. The van der Waals surface area contributed by atoms with Crippen LogP contribution in [0.2, 0.25) is 0 Å². The molecule has 0 atom stereocenters. The van der Waals surface area contributed by atoms with Crippen LogP contribution in [0, 0.1) is 17.8 Å². The fourth-order valence-electron chi connectivity index (χ4n) is 4.71. The molecule has 0 unspecified atom stereocenters. The molecule has 1 aromatic carbocycles. The van der Waals surface area contributed by atoms with Gasteiger partial charge >= 0.3 is 0 Å². The van der Waals surface area contributed by atoms with Crippen LogP contribution in [-0.2, 0) is 4.79 Å². The lowest BCUT2D eigenvalue weighted by Crippen LogP contribution is -2.25. The van der Waals surface area contributed by atoms with E-state index in [0.29, 0.717) is 18.1 Å². The molecular formula is C21H27BrO2. The van der Waals surface area contributed by atoms with Gasteiger partial charge in [0.15, 0.2) is 0 Å². The van der Waals surface area contributed by atoms with Gasteiger partial charge in [-0.3, -0.25) is 4.79 Å². The standard InChI is InChI=1S/C21H27BrO2/c22-14-13-16-1-3-17(4-2-16)18-5-7-19(8-6-18)20-9-11-21(12-10-20)24-15-23/h9-19H,1-8H2. The summed E-state index contributed by atoms with van der Waals surface area (Å²) >= 11 is 3.41. The number of carbonyl (C=O) groups excluding carboxylic acids is 1. The molecule has 0 spiro atoms. The first kappa shape index (κ1) is 17.7. The number of ether oxygens (including phenoxy) is 1. The summed E-state index contributed by atoms with van der Waals surface area (Å²) in [6.45, 7) is 0.489. The van der Waals surface area contributed by atoms with Gasteiger partial charge in [-0.15, -0.1) is 0 Å². The van der Waals surface area contributed by atoms with Gasteiger partial charge in [-0.05, 0) is 97.7 Å². The van der Waals surface area contributed by atoms with Gasteiger partial charge in [0.1, 0.15) is 5.75 Å². The molecule has 130 valence electrons. The van der Waals surface area contributed by atoms with Crippen LogP contribution in [0.3, 0.4) is 0 Å².